The number of hydrogen-bond donors (Lipinski definition) is 0. The molecule has 0 fully saturated rings. The largest absolute Gasteiger partial charge is 0.513 e. The van der Waals surface area contributed by atoms with Gasteiger partial charge in [-0.1, -0.05) is 5.11 Å². The Kier molecular flexibility index (Phi) is 9.31. The number of rotatable bonds is 11. The van der Waals surface area contributed by atoms with Gasteiger partial charge in [-0.2, -0.15) is 0 Å². The Hall–Kier alpha value is -2.88. The Morgan fingerprint density at radius 3 is 2.38 bits per heavy atom. The van der Waals surface area contributed by atoms with Crippen LogP contribution in [0.1, 0.15) is 0 Å². The smallest absolute Gasteiger partial charge is 0.432 e. The fraction of sp³-hybridized carbons (Fsp3) is 0.462. The molecule has 0 saturated heterocycles. The average molecular weight is 340 g/mol. The quantitative estimate of drug-likeness (QED) is 0.0878. The monoisotopic (exact) mass is 340 g/mol. The van der Waals surface area contributed by atoms with Gasteiger partial charge in [0.1, 0.15) is 12.4 Å². The summed E-state index contributed by atoms with van der Waals surface area (Å²) in [6.07, 6.45) is -0.932. The van der Waals surface area contributed by atoms with Crippen LogP contribution >= 0.6 is 0 Å². The van der Waals surface area contributed by atoms with Gasteiger partial charge in [0, 0.05) is 23.6 Å². The molecule has 0 heterocycles. The number of azide groups is 1. The topological polar surface area (TPSA) is 146 Å². The highest BCUT2D eigenvalue weighted by molar-refractivity contribution is 5.63. The van der Waals surface area contributed by atoms with Crippen molar-refractivity contribution in [1.29, 1.82) is 0 Å². The summed E-state index contributed by atoms with van der Waals surface area (Å²) in [5.41, 5.74) is 7.93. The molecule has 0 aromatic heterocycles. The average Bonchev–Trinajstić information content (AvgIpc) is 2.57. The second-order valence-corrected chi connectivity index (χ2v) is 4.13. The van der Waals surface area contributed by atoms with E-state index in [1.165, 1.54) is 24.3 Å². The Morgan fingerprint density at radius 1 is 1.12 bits per heavy atom. The Labute approximate surface area is 136 Å². The number of carbonyl (C=O) groups is 1. The van der Waals surface area contributed by atoms with Gasteiger partial charge in [0.15, 0.2) is 0 Å². The van der Waals surface area contributed by atoms with Crippen LogP contribution in [-0.4, -0.2) is 50.7 Å². The first-order valence-electron chi connectivity index (χ1n) is 6.89. The van der Waals surface area contributed by atoms with Crippen LogP contribution in [0.25, 0.3) is 10.4 Å². The molecular weight excluding hydrogens is 324 g/mol. The third-order valence-corrected chi connectivity index (χ3v) is 2.47. The maximum Gasteiger partial charge on any atom is 0.513 e. The highest BCUT2D eigenvalue weighted by Gasteiger charge is 2.08. The van der Waals surface area contributed by atoms with E-state index in [2.05, 4.69) is 10.0 Å². The van der Waals surface area contributed by atoms with E-state index < -0.39 is 11.1 Å². The van der Waals surface area contributed by atoms with E-state index >= 15 is 0 Å². The summed E-state index contributed by atoms with van der Waals surface area (Å²) in [5.74, 6) is 0.139. The van der Waals surface area contributed by atoms with Crippen LogP contribution in [0.5, 0.6) is 5.75 Å². The first-order valence-corrected chi connectivity index (χ1v) is 6.89. The van der Waals surface area contributed by atoms with Gasteiger partial charge in [0.2, 0.25) is 0 Å². The molecule has 24 heavy (non-hydrogen) atoms. The van der Waals surface area contributed by atoms with Crippen LogP contribution in [0.2, 0.25) is 0 Å². The molecule has 0 radical (unpaired) electrons. The van der Waals surface area contributed by atoms with E-state index in [4.69, 9.17) is 24.5 Å². The van der Waals surface area contributed by atoms with Gasteiger partial charge < -0.3 is 18.9 Å². The number of nitrogens with zero attached hydrogens (tertiary/aromatic N) is 4. The fourth-order valence-electron chi connectivity index (χ4n) is 1.42. The molecule has 1 rings (SSSR count). The van der Waals surface area contributed by atoms with E-state index in [0.717, 1.165) is 0 Å². The van der Waals surface area contributed by atoms with Crippen LogP contribution in [0, 0.1) is 10.1 Å². The van der Waals surface area contributed by atoms with Crippen molar-refractivity contribution in [3.8, 4) is 5.75 Å². The van der Waals surface area contributed by atoms with Crippen molar-refractivity contribution < 1.29 is 28.7 Å². The zero-order valence-corrected chi connectivity index (χ0v) is 12.7. The summed E-state index contributed by atoms with van der Waals surface area (Å²) in [5, 5.41) is 13.8. The van der Waals surface area contributed by atoms with Crippen molar-refractivity contribution >= 4 is 11.8 Å². The number of carbonyl (C=O) groups excluding carboxylic acids is 1. The molecule has 11 nitrogen and oxygen atoms in total. The summed E-state index contributed by atoms with van der Waals surface area (Å²) in [4.78, 5) is 23.9. The summed E-state index contributed by atoms with van der Waals surface area (Å²) in [6, 6.07) is 5.02. The van der Waals surface area contributed by atoms with Gasteiger partial charge in [-0.15, -0.1) is 0 Å². The van der Waals surface area contributed by atoms with Crippen LogP contribution in [0.3, 0.4) is 0 Å². The highest BCUT2D eigenvalue weighted by Crippen LogP contribution is 2.17. The predicted molar refractivity (Wildman–Crippen MR) is 80.7 cm³/mol. The normalized spacial score (nSPS) is 9.83. The van der Waals surface area contributed by atoms with Gasteiger partial charge >= 0.3 is 6.16 Å². The zero-order chi connectivity index (χ0) is 17.6. The number of benzene rings is 1. The lowest BCUT2D eigenvalue weighted by atomic mass is 10.3. The molecule has 0 atom stereocenters. The lowest BCUT2D eigenvalue weighted by Crippen LogP contribution is -2.16. The van der Waals surface area contributed by atoms with Crippen molar-refractivity contribution in [3.05, 3.63) is 44.8 Å². The number of ether oxygens (including phenoxy) is 4. The predicted octanol–water partition coefficient (Wildman–Crippen LogP) is 2.45. The summed E-state index contributed by atoms with van der Waals surface area (Å²) in [7, 11) is 0. The zero-order valence-electron chi connectivity index (χ0n) is 12.7. The van der Waals surface area contributed by atoms with Crippen molar-refractivity contribution in [2.45, 2.75) is 0 Å². The van der Waals surface area contributed by atoms with E-state index in [1.807, 2.05) is 0 Å². The Balaban J connectivity index is 2.05. The molecule has 0 N–H and O–H groups in total. The molecule has 0 aliphatic heterocycles. The lowest BCUT2D eigenvalue weighted by Gasteiger charge is -2.07. The summed E-state index contributed by atoms with van der Waals surface area (Å²) < 4.78 is 19.8. The highest BCUT2D eigenvalue weighted by atomic mass is 16.7. The minimum Gasteiger partial charge on any atom is -0.432 e. The fourth-order valence-corrected chi connectivity index (χ4v) is 1.42. The van der Waals surface area contributed by atoms with Crippen molar-refractivity contribution in [1.82, 2.24) is 0 Å². The van der Waals surface area contributed by atoms with Crippen molar-refractivity contribution in [2.75, 3.05) is 39.6 Å². The van der Waals surface area contributed by atoms with Gasteiger partial charge in [-0.05, 0) is 17.7 Å². The number of nitro benzene ring substituents is 1. The molecular formula is C13H16N4O7. The molecule has 0 spiro atoms. The van der Waals surface area contributed by atoms with Gasteiger partial charge in [0.25, 0.3) is 5.69 Å². The molecule has 0 amide bonds. The lowest BCUT2D eigenvalue weighted by molar-refractivity contribution is -0.384. The van der Waals surface area contributed by atoms with E-state index in [-0.39, 0.29) is 31.2 Å². The van der Waals surface area contributed by atoms with Crippen LogP contribution in [0.4, 0.5) is 10.5 Å². The van der Waals surface area contributed by atoms with E-state index in [1.54, 1.807) is 0 Å². The third-order valence-electron chi connectivity index (χ3n) is 2.47. The molecule has 1 aromatic rings. The maximum atomic E-state index is 11.4. The second kappa shape index (κ2) is 11.7. The molecule has 0 unspecified atom stereocenters. The minimum atomic E-state index is -0.932. The number of hydrogen-bond acceptors (Lipinski definition) is 8. The molecule has 130 valence electrons. The summed E-state index contributed by atoms with van der Waals surface area (Å²) >= 11 is 0. The molecule has 0 aliphatic carbocycles. The van der Waals surface area contributed by atoms with Crippen molar-refractivity contribution in [3.63, 3.8) is 0 Å². The Bertz CT molecular complexity index is 572. The van der Waals surface area contributed by atoms with E-state index in [0.29, 0.717) is 19.8 Å². The molecule has 0 saturated carbocycles. The number of non-ortho nitro benzene ring substituents is 1. The Morgan fingerprint density at radius 2 is 1.75 bits per heavy atom. The maximum absolute atomic E-state index is 11.4. The van der Waals surface area contributed by atoms with Gasteiger partial charge in [-0.25, -0.2) is 4.79 Å². The van der Waals surface area contributed by atoms with Gasteiger partial charge in [0.05, 0.1) is 31.4 Å². The van der Waals surface area contributed by atoms with E-state index in [9.17, 15) is 14.9 Å². The molecule has 1 aromatic carbocycles. The third kappa shape index (κ3) is 8.54. The summed E-state index contributed by atoms with van der Waals surface area (Å²) in [6.45, 7) is 1.35. The number of nitro groups is 1. The van der Waals surface area contributed by atoms with Crippen molar-refractivity contribution in [2.24, 2.45) is 5.11 Å². The molecule has 0 aliphatic rings. The van der Waals surface area contributed by atoms with Crippen LogP contribution in [0.15, 0.2) is 29.4 Å². The van der Waals surface area contributed by atoms with Crippen LogP contribution in [-0.2, 0) is 14.2 Å². The first kappa shape index (κ1) is 19.2. The van der Waals surface area contributed by atoms with Crippen LogP contribution < -0.4 is 4.74 Å². The first-order chi connectivity index (χ1) is 11.6. The molecule has 0 bridgehead atoms. The second-order valence-electron chi connectivity index (χ2n) is 4.13. The standard InChI is InChI=1S/C13H16N4O7/c14-16-15-5-6-21-7-8-22-9-10-23-13(18)24-12-3-1-11(2-4-12)17(19)20/h1-4H,5-10H2. The van der Waals surface area contributed by atoms with Gasteiger partial charge in [-0.3, -0.25) is 10.1 Å². The molecule has 11 heteroatoms. The SMILES string of the molecule is [N-]=[N+]=NCCOCCOCCOC(=O)Oc1ccc([N+](=O)[O-])cc1. The minimum absolute atomic E-state index is 0.00938.